The number of esters is 1. The fourth-order valence-electron chi connectivity index (χ4n) is 3.75. The lowest BCUT2D eigenvalue weighted by atomic mass is 10.0. The van der Waals surface area contributed by atoms with Crippen LogP contribution in [-0.4, -0.2) is 49.8 Å². The van der Waals surface area contributed by atoms with E-state index in [4.69, 9.17) is 5.53 Å². The van der Waals surface area contributed by atoms with E-state index in [0.717, 1.165) is 13.2 Å². The van der Waals surface area contributed by atoms with Crippen LogP contribution in [0.2, 0.25) is 0 Å². The highest BCUT2D eigenvalue weighted by Crippen LogP contribution is 2.33. The molecule has 10 heteroatoms. The molecule has 7 nitrogen and oxygen atoms in total. The van der Waals surface area contributed by atoms with E-state index in [2.05, 4.69) is 14.8 Å². The lowest BCUT2D eigenvalue weighted by molar-refractivity contribution is -0.137. The first-order valence-corrected chi connectivity index (χ1v) is 11.1. The van der Waals surface area contributed by atoms with Crippen LogP contribution in [0.3, 0.4) is 0 Å². The van der Waals surface area contributed by atoms with Crippen molar-refractivity contribution in [2.75, 3.05) is 13.7 Å². The number of methoxy groups -OCH3 is 1. The van der Waals surface area contributed by atoms with Gasteiger partial charge in [-0.25, -0.2) is 22.0 Å². The second kappa shape index (κ2) is 9.05. The number of sulfone groups is 1. The Morgan fingerprint density at radius 3 is 2.52 bits per heavy atom. The van der Waals surface area contributed by atoms with E-state index >= 15 is 0 Å². The summed E-state index contributed by atoms with van der Waals surface area (Å²) in [5, 5.41) is 1.33. The molecule has 0 radical (unpaired) electrons. The van der Waals surface area contributed by atoms with Gasteiger partial charge in [-0.15, -0.1) is 0 Å². The number of carbonyl (C=O) groups is 1. The minimum absolute atomic E-state index is 0.167. The van der Waals surface area contributed by atoms with Gasteiger partial charge in [0.1, 0.15) is 17.2 Å². The summed E-state index contributed by atoms with van der Waals surface area (Å²) in [4.78, 5) is 14.3. The van der Waals surface area contributed by atoms with Gasteiger partial charge in [0.25, 0.3) is 0 Å². The lowest BCUT2D eigenvalue weighted by Crippen LogP contribution is -2.53. The summed E-state index contributed by atoms with van der Waals surface area (Å²) < 4.78 is 60.4. The zero-order valence-corrected chi connectivity index (χ0v) is 17.7. The first-order valence-electron chi connectivity index (χ1n) is 9.50. The van der Waals surface area contributed by atoms with E-state index < -0.39 is 55.3 Å². The number of halogens is 2. The molecule has 164 valence electrons. The minimum Gasteiger partial charge on any atom is -0.460 e. The van der Waals surface area contributed by atoms with E-state index in [0.29, 0.717) is 11.6 Å². The van der Waals surface area contributed by atoms with Gasteiger partial charge in [-0.05, 0) is 36.6 Å². The Hall–Kier alpha value is -2.94. The van der Waals surface area contributed by atoms with Gasteiger partial charge in [0.05, 0.1) is 17.6 Å². The van der Waals surface area contributed by atoms with Crippen molar-refractivity contribution in [1.29, 1.82) is 0 Å². The Morgan fingerprint density at radius 1 is 1.23 bits per heavy atom. The van der Waals surface area contributed by atoms with Gasteiger partial charge >= 0.3 is 11.7 Å². The second-order valence-electron chi connectivity index (χ2n) is 7.29. The first kappa shape index (κ1) is 22.7. The van der Waals surface area contributed by atoms with Crippen LogP contribution < -0.4 is 5.32 Å². The molecule has 0 spiro atoms. The van der Waals surface area contributed by atoms with Crippen LogP contribution in [0.1, 0.15) is 28.9 Å². The van der Waals surface area contributed by atoms with Crippen molar-refractivity contribution in [3.63, 3.8) is 0 Å². The molecule has 1 saturated heterocycles. The molecule has 3 atom stereocenters. The zero-order chi connectivity index (χ0) is 22.8. The predicted octanol–water partition coefficient (Wildman–Crippen LogP) is 2.22. The Kier molecular flexibility index (Phi) is 6.64. The fourth-order valence-corrected chi connectivity index (χ4v) is 6.11. The molecular formula is C21H21F2N3O4S. The number of hydrogen-bond acceptors (Lipinski definition) is 5. The molecule has 1 N–H and O–H groups in total. The Balaban J connectivity index is 1.96. The highest BCUT2D eigenvalue weighted by Gasteiger charge is 2.43. The maximum atomic E-state index is 14.8. The van der Waals surface area contributed by atoms with Crippen LogP contribution in [0.15, 0.2) is 42.5 Å². The van der Waals surface area contributed by atoms with Crippen LogP contribution in [0.25, 0.3) is 5.53 Å². The maximum Gasteiger partial charge on any atom is 0.422 e. The summed E-state index contributed by atoms with van der Waals surface area (Å²) in [6.07, 6.45) is -0.271. The largest absolute Gasteiger partial charge is 0.460 e. The van der Waals surface area contributed by atoms with Gasteiger partial charge < -0.3 is 15.6 Å². The summed E-state index contributed by atoms with van der Waals surface area (Å²) in [6, 6.07) is 9.72. The van der Waals surface area contributed by atoms with E-state index in [1.54, 1.807) is 37.3 Å². The van der Waals surface area contributed by atoms with E-state index in [1.807, 2.05) is 0 Å². The van der Waals surface area contributed by atoms with Crippen LogP contribution in [-0.2, 0) is 25.8 Å². The standard InChI is InChI=1S/C21H21F2N3O4S/c1-12-18(31(28,29)19(11-25-12)13-6-4-3-5-7-13)9-14-8-17(23)15(10-16(14)22)20(26-24)21(27)30-2/h3-8,10,12,18-19,25H,9,11H2,1-2H3/t12-,18?,19-/m0/s1. The van der Waals surface area contributed by atoms with Gasteiger partial charge in [-0.2, -0.15) is 4.79 Å². The molecular weight excluding hydrogens is 428 g/mol. The smallest absolute Gasteiger partial charge is 0.422 e. The maximum absolute atomic E-state index is 14.8. The van der Waals surface area contributed by atoms with E-state index in [9.17, 15) is 22.0 Å². The van der Waals surface area contributed by atoms with Gasteiger partial charge in [0.2, 0.25) is 0 Å². The number of nitrogens with zero attached hydrogens (tertiary/aromatic N) is 2. The van der Waals surface area contributed by atoms with Gasteiger partial charge in [0.15, 0.2) is 9.84 Å². The molecule has 1 fully saturated rings. The van der Waals surface area contributed by atoms with E-state index in [-0.39, 0.29) is 18.5 Å². The molecule has 1 unspecified atom stereocenters. The summed E-state index contributed by atoms with van der Waals surface area (Å²) in [7, 11) is -2.73. The topological polar surface area (TPSA) is 109 Å². The van der Waals surface area contributed by atoms with Crippen LogP contribution in [0.5, 0.6) is 0 Å². The first-order chi connectivity index (χ1) is 14.7. The summed E-state index contributed by atoms with van der Waals surface area (Å²) in [6.45, 7) is 1.90. The fraction of sp³-hybridized carbons (Fsp3) is 0.333. The van der Waals surface area contributed by atoms with Crippen molar-refractivity contribution in [3.8, 4) is 0 Å². The molecule has 3 rings (SSSR count). The molecule has 0 amide bonds. The molecule has 1 heterocycles. The van der Waals surface area contributed by atoms with Crippen molar-refractivity contribution in [1.82, 2.24) is 5.32 Å². The SMILES string of the molecule is COC(=O)C(=[N+]=[N-])c1cc(F)c(CC2[C@H](C)NC[C@@H](c3ccccc3)S2(=O)=O)cc1F. The van der Waals surface area contributed by atoms with Gasteiger partial charge in [0, 0.05) is 12.6 Å². The number of nitrogens with one attached hydrogen (secondary N) is 1. The van der Waals surface area contributed by atoms with E-state index in [1.165, 1.54) is 0 Å². The third kappa shape index (κ3) is 4.41. The Morgan fingerprint density at radius 2 is 1.90 bits per heavy atom. The number of hydrogen-bond donors (Lipinski definition) is 1. The van der Waals surface area contributed by atoms with Gasteiger partial charge in [-0.1, -0.05) is 30.3 Å². The van der Waals surface area contributed by atoms with Crippen LogP contribution >= 0.6 is 0 Å². The van der Waals surface area contributed by atoms with Crippen molar-refractivity contribution in [2.45, 2.75) is 29.9 Å². The molecule has 0 bridgehead atoms. The molecule has 1 aliphatic heterocycles. The highest BCUT2D eigenvalue weighted by atomic mass is 32.2. The normalized spacial score (nSPS) is 22.4. The third-order valence-corrected chi connectivity index (χ3v) is 8.11. The summed E-state index contributed by atoms with van der Waals surface area (Å²) in [5.41, 5.74) is 8.05. The molecule has 2 aromatic rings. The third-order valence-electron chi connectivity index (χ3n) is 5.46. The average molecular weight is 449 g/mol. The number of carbonyl (C=O) groups excluding carboxylic acids is 1. The highest BCUT2D eigenvalue weighted by molar-refractivity contribution is 7.92. The average Bonchev–Trinajstić information content (AvgIpc) is 2.74. The molecule has 0 aliphatic carbocycles. The molecule has 1 aliphatic rings. The van der Waals surface area contributed by atoms with Gasteiger partial charge in [-0.3, -0.25) is 0 Å². The van der Waals surface area contributed by atoms with Crippen molar-refractivity contribution >= 4 is 21.5 Å². The second-order valence-corrected chi connectivity index (χ2v) is 9.64. The van der Waals surface area contributed by atoms with Crippen molar-refractivity contribution in [3.05, 3.63) is 76.3 Å². The Labute approximate surface area is 178 Å². The summed E-state index contributed by atoms with van der Waals surface area (Å²) in [5.74, 6) is -3.11. The minimum atomic E-state index is -3.73. The summed E-state index contributed by atoms with van der Waals surface area (Å²) >= 11 is 0. The van der Waals surface area contributed by atoms with Crippen LogP contribution in [0, 0.1) is 11.6 Å². The quantitative estimate of drug-likeness (QED) is 0.326. The number of benzene rings is 2. The monoisotopic (exact) mass is 449 g/mol. The number of rotatable bonds is 5. The van der Waals surface area contributed by atoms with Crippen molar-refractivity contribution in [2.24, 2.45) is 0 Å². The van der Waals surface area contributed by atoms with Crippen LogP contribution in [0.4, 0.5) is 8.78 Å². The lowest BCUT2D eigenvalue weighted by Gasteiger charge is -2.35. The molecule has 2 aromatic carbocycles. The predicted molar refractivity (Wildman–Crippen MR) is 109 cm³/mol. The molecule has 31 heavy (non-hydrogen) atoms. The zero-order valence-electron chi connectivity index (χ0n) is 16.9. The van der Waals surface area contributed by atoms with Crippen molar-refractivity contribution < 1.29 is 31.5 Å². The Bertz CT molecular complexity index is 1150. The molecule has 0 aromatic heterocycles. The number of ether oxygens (including phenoxy) is 1. The molecule has 0 saturated carbocycles.